The fraction of sp³-hybridized carbons (Fsp3) is 0.700. The third kappa shape index (κ3) is 7.01. The Balaban J connectivity index is 0.00000225. The average molecular weight is 420 g/mol. The minimum absolute atomic E-state index is 0. The van der Waals surface area contributed by atoms with E-state index in [-0.39, 0.29) is 24.0 Å². The second-order valence-corrected chi connectivity index (χ2v) is 5.99. The highest BCUT2D eigenvalue weighted by Crippen LogP contribution is 2.25. The van der Waals surface area contributed by atoms with Gasteiger partial charge in [0.1, 0.15) is 0 Å². The van der Waals surface area contributed by atoms with Crippen LogP contribution in [0.5, 0.6) is 0 Å². The summed E-state index contributed by atoms with van der Waals surface area (Å²) in [6.07, 6.45) is 2.67. The lowest BCUT2D eigenvalue weighted by molar-refractivity contribution is 0.733. The molecule has 16 heavy (non-hydrogen) atoms. The van der Waals surface area contributed by atoms with Gasteiger partial charge in [-0.3, -0.25) is 4.99 Å². The molecule has 0 aromatic heterocycles. The first-order chi connectivity index (χ1) is 7.22. The van der Waals surface area contributed by atoms with Gasteiger partial charge >= 0.3 is 0 Å². The van der Waals surface area contributed by atoms with Gasteiger partial charge in [-0.2, -0.15) is 11.8 Å². The molecule has 1 fully saturated rings. The minimum atomic E-state index is 0. The molecule has 1 aliphatic heterocycles. The molecule has 1 atom stereocenters. The van der Waals surface area contributed by atoms with E-state index in [1.54, 1.807) is 7.05 Å². The quantitative estimate of drug-likeness (QED) is 0.417. The maximum atomic E-state index is 4.14. The lowest BCUT2D eigenvalue weighted by atomic mass is 10.2. The van der Waals surface area contributed by atoms with E-state index in [0.29, 0.717) is 6.54 Å². The summed E-state index contributed by atoms with van der Waals surface area (Å²) < 4.78 is 0.931. The molecule has 0 saturated carbocycles. The first kappa shape index (κ1) is 16.6. The highest BCUT2D eigenvalue weighted by molar-refractivity contribution is 14.0. The third-order valence-corrected chi connectivity index (χ3v) is 3.87. The first-order valence-electron chi connectivity index (χ1n) is 5.11. The number of thioether (sulfide) groups is 1. The lowest BCUT2D eigenvalue weighted by Crippen LogP contribution is -2.40. The number of hydrogen-bond acceptors (Lipinski definition) is 2. The van der Waals surface area contributed by atoms with Crippen LogP contribution in [0.25, 0.3) is 0 Å². The first-order valence-corrected chi connectivity index (χ1v) is 6.96. The Morgan fingerprint density at radius 1 is 1.56 bits per heavy atom. The molecule has 0 amide bonds. The van der Waals surface area contributed by atoms with Gasteiger partial charge in [-0.05, 0) is 18.6 Å². The van der Waals surface area contributed by atoms with Crippen LogP contribution in [-0.2, 0) is 0 Å². The molecule has 1 saturated heterocycles. The molecule has 0 aliphatic carbocycles. The molecule has 2 N–H and O–H groups in total. The summed E-state index contributed by atoms with van der Waals surface area (Å²) in [6.45, 7) is 5.47. The zero-order valence-corrected chi connectivity index (χ0v) is 14.2. The Bertz CT molecular complexity index is 242. The summed E-state index contributed by atoms with van der Waals surface area (Å²) >= 11 is 5.35. The normalized spacial score (nSPS) is 20.1. The van der Waals surface area contributed by atoms with E-state index < -0.39 is 0 Å². The van der Waals surface area contributed by atoms with Crippen molar-refractivity contribution in [2.45, 2.75) is 18.1 Å². The number of halogens is 2. The van der Waals surface area contributed by atoms with E-state index in [0.717, 1.165) is 22.2 Å². The van der Waals surface area contributed by atoms with Crippen molar-refractivity contribution in [3.05, 3.63) is 11.1 Å². The number of guanidine groups is 1. The summed E-state index contributed by atoms with van der Waals surface area (Å²) in [6, 6.07) is 0. The van der Waals surface area contributed by atoms with E-state index in [4.69, 9.17) is 0 Å². The fourth-order valence-corrected chi connectivity index (χ4v) is 2.76. The summed E-state index contributed by atoms with van der Waals surface area (Å²) in [7, 11) is 1.79. The molecule has 0 aromatic rings. The van der Waals surface area contributed by atoms with Gasteiger partial charge in [0.2, 0.25) is 0 Å². The molecule has 94 valence electrons. The van der Waals surface area contributed by atoms with Crippen molar-refractivity contribution in [1.29, 1.82) is 0 Å². The molecule has 0 spiro atoms. The summed E-state index contributed by atoms with van der Waals surface area (Å²) in [5.74, 6) is 2.15. The molecule has 0 aromatic carbocycles. The monoisotopic (exact) mass is 419 g/mol. The van der Waals surface area contributed by atoms with Crippen LogP contribution in [0.1, 0.15) is 12.8 Å². The summed E-state index contributed by atoms with van der Waals surface area (Å²) in [5, 5.41) is 7.24. The molecule has 6 heteroatoms. The van der Waals surface area contributed by atoms with Gasteiger partial charge in [0, 0.05) is 29.9 Å². The van der Waals surface area contributed by atoms with E-state index in [1.807, 2.05) is 11.8 Å². The van der Waals surface area contributed by atoms with Crippen molar-refractivity contribution in [3.8, 4) is 0 Å². The number of hydrogen-bond donors (Lipinski definition) is 2. The Morgan fingerprint density at radius 2 is 2.31 bits per heavy atom. The number of aliphatic imine (C=N–C) groups is 1. The number of nitrogens with zero attached hydrogens (tertiary/aromatic N) is 1. The standard InChI is InChI=1S/C10H18BrN3S.HI/c1-8(11)6-13-10(12-2)14-7-9-4-3-5-15-9;/h9H,1,3-7H2,2H3,(H2,12,13,14);1H. The van der Waals surface area contributed by atoms with Gasteiger partial charge in [0.25, 0.3) is 0 Å². The van der Waals surface area contributed by atoms with Gasteiger partial charge < -0.3 is 10.6 Å². The van der Waals surface area contributed by atoms with Crippen LogP contribution in [0, 0.1) is 0 Å². The van der Waals surface area contributed by atoms with E-state index >= 15 is 0 Å². The van der Waals surface area contributed by atoms with Crippen LogP contribution >= 0.6 is 51.7 Å². The highest BCUT2D eigenvalue weighted by atomic mass is 127. The Hall–Kier alpha value is 0.570. The van der Waals surface area contributed by atoms with Crippen LogP contribution < -0.4 is 10.6 Å². The zero-order valence-electron chi connectivity index (χ0n) is 9.46. The van der Waals surface area contributed by atoms with Gasteiger partial charge in [0.15, 0.2) is 5.96 Å². The smallest absolute Gasteiger partial charge is 0.191 e. The number of rotatable bonds is 4. The van der Waals surface area contributed by atoms with E-state index in [9.17, 15) is 0 Å². The van der Waals surface area contributed by atoms with E-state index in [2.05, 4.69) is 38.1 Å². The molecular weight excluding hydrogens is 401 g/mol. The van der Waals surface area contributed by atoms with Crippen molar-refractivity contribution in [3.63, 3.8) is 0 Å². The second kappa shape index (κ2) is 9.58. The number of nitrogens with one attached hydrogen (secondary N) is 2. The van der Waals surface area contributed by atoms with E-state index in [1.165, 1.54) is 18.6 Å². The van der Waals surface area contributed by atoms with Crippen LogP contribution in [0.2, 0.25) is 0 Å². The largest absolute Gasteiger partial charge is 0.355 e. The highest BCUT2D eigenvalue weighted by Gasteiger charge is 2.15. The van der Waals surface area contributed by atoms with Crippen LogP contribution in [0.15, 0.2) is 16.1 Å². The fourth-order valence-electron chi connectivity index (χ4n) is 1.42. The molecule has 1 aliphatic rings. The molecular formula is C10H19BrIN3S. The Kier molecular flexibility index (Phi) is 9.93. The summed E-state index contributed by atoms with van der Waals surface area (Å²) in [4.78, 5) is 4.14. The van der Waals surface area contributed by atoms with Crippen LogP contribution in [-0.4, -0.2) is 37.1 Å². The van der Waals surface area contributed by atoms with Crippen molar-refractivity contribution < 1.29 is 0 Å². The van der Waals surface area contributed by atoms with Crippen LogP contribution in [0.3, 0.4) is 0 Å². The van der Waals surface area contributed by atoms with Gasteiger partial charge in [-0.15, -0.1) is 24.0 Å². The van der Waals surface area contributed by atoms with Crippen molar-refractivity contribution in [1.82, 2.24) is 10.6 Å². The predicted octanol–water partition coefficient (Wildman–Crippen LogP) is 2.57. The molecule has 1 unspecified atom stereocenters. The lowest BCUT2D eigenvalue weighted by Gasteiger charge is -2.14. The molecule has 1 heterocycles. The maximum Gasteiger partial charge on any atom is 0.191 e. The molecule has 1 rings (SSSR count). The Labute approximate surface area is 127 Å². The van der Waals surface area contributed by atoms with Crippen molar-refractivity contribution >= 4 is 57.6 Å². The maximum absolute atomic E-state index is 4.14. The van der Waals surface area contributed by atoms with Gasteiger partial charge in [-0.25, -0.2) is 0 Å². The average Bonchev–Trinajstić information content (AvgIpc) is 2.70. The topological polar surface area (TPSA) is 36.4 Å². The zero-order chi connectivity index (χ0) is 11.1. The van der Waals surface area contributed by atoms with Gasteiger partial charge in [0.05, 0.1) is 0 Å². The van der Waals surface area contributed by atoms with Crippen LogP contribution in [0.4, 0.5) is 0 Å². The van der Waals surface area contributed by atoms with Gasteiger partial charge in [-0.1, -0.05) is 22.5 Å². The SMILES string of the molecule is C=C(Br)CNC(=NC)NCC1CCCS1.I. The predicted molar refractivity (Wildman–Crippen MR) is 88.3 cm³/mol. The molecule has 0 radical (unpaired) electrons. The van der Waals surface area contributed by atoms with Crippen molar-refractivity contribution in [2.75, 3.05) is 25.9 Å². The second-order valence-electron chi connectivity index (χ2n) is 3.46. The molecule has 0 bridgehead atoms. The molecule has 3 nitrogen and oxygen atoms in total. The minimum Gasteiger partial charge on any atom is -0.355 e. The Morgan fingerprint density at radius 3 is 2.81 bits per heavy atom. The summed E-state index contributed by atoms with van der Waals surface area (Å²) in [5.41, 5.74) is 0. The van der Waals surface area contributed by atoms with Crippen molar-refractivity contribution in [2.24, 2.45) is 4.99 Å². The third-order valence-electron chi connectivity index (χ3n) is 2.19.